The first kappa shape index (κ1) is 12.6. The van der Waals surface area contributed by atoms with E-state index in [1.807, 2.05) is 0 Å². The topological polar surface area (TPSA) is 12.0 Å². The third-order valence-corrected chi connectivity index (χ3v) is 2.46. The van der Waals surface area contributed by atoms with Crippen LogP contribution in [0.1, 0.15) is 51.4 Å². The summed E-state index contributed by atoms with van der Waals surface area (Å²) in [7, 11) is 0. The van der Waals surface area contributed by atoms with Crippen LogP contribution in [0, 0.1) is 0 Å². The molecule has 1 heterocycles. The number of rotatable bonds is 0. The Labute approximate surface area is 88.9 Å². The van der Waals surface area contributed by atoms with Crippen LogP contribution >= 0.6 is 0 Å². The molecule has 12 heavy (non-hydrogen) atoms. The van der Waals surface area contributed by atoms with Gasteiger partial charge >= 0.3 is 18.9 Å². The number of hydrogen-bond acceptors (Lipinski definition) is 1. The second kappa shape index (κ2) is 9.64. The van der Waals surface area contributed by atoms with E-state index in [0.717, 1.165) is 0 Å². The van der Waals surface area contributed by atoms with Gasteiger partial charge in [0.05, 0.1) is 0 Å². The van der Waals surface area contributed by atoms with Crippen LogP contribution in [0.15, 0.2) is 0 Å². The fourth-order valence-corrected chi connectivity index (χ4v) is 1.69. The van der Waals surface area contributed by atoms with E-state index in [-0.39, 0.29) is 18.9 Å². The molecule has 0 aromatic heterocycles. The van der Waals surface area contributed by atoms with E-state index in [2.05, 4.69) is 5.32 Å². The van der Waals surface area contributed by atoms with Crippen LogP contribution in [0.5, 0.6) is 0 Å². The molecule has 0 amide bonds. The van der Waals surface area contributed by atoms with Crippen molar-refractivity contribution >= 4 is 18.9 Å². The molecule has 2 heteroatoms. The second-order valence-corrected chi connectivity index (χ2v) is 3.58. The van der Waals surface area contributed by atoms with Crippen molar-refractivity contribution in [1.82, 2.24) is 5.32 Å². The van der Waals surface area contributed by atoms with Gasteiger partial charge in [0.25, 0.3) is 0 Å². The number of hydrogen-bond donors (Lipinski definition) is 1. The maximum atomic E-state index is 3.48. The molecule has 1 N–H and O–H groups in total. The van der Waals surface area contributed by atoms with Crippen LogP contribution in [0.25, 0.3) is 0 Å². The van der Waals surface area contributed by atoms with Gasteiger partial charge in [-0.15, -0.1) is 0 Å². The third-order valence-electron chi connectivity index (χ3n) is 2.46. The Morgan fingerprint density at radius 3 is 1.25 bits per heavy atom. The zero-order valence-corrected chi connectivity index (χ0v) is 7.57. The molecular weight excluding hydrogens is 141 g/mol. The van der Waals surface area contributed by atoms with Gasteiger partial charge in [-0.3, -0.25) is 0 Å². The summed E-state index contributed by atoms with van der Waals surface area (Å²) < 4.78 is 0. The van der Waals surface area contributed by atoms with Gasteiger partial charge in [0.2, 0.25) is 0 Å². The summed E-state index contributed by atoms with van der Waals surface area (Å²) in [6, 6.07) is 0. The van der Waals surface area contributed by atoms with Crippen LogP contribution in [-0.4, -0.2) is 32.0 Å². The molecule has 1 aliphatic heterocycles. The van der Waals surface area contributed by atoms with Crippen molar-refractivity contribution in [3.63, 3.8) is 0 Å². The van der Waals surface area contributed by atoms with E-state index >= 15 is 0 Å². The standard InChI is InChI=1S/C10H21N.Li.H/c1-2-4-6-8-10-11-9-7-5-3-1;;/h11H,1-10H2;;. The Morgan fingerprint density at radius 1 is 0.500 bits per heavy atom. The molecule has 0 aliphatic carbocycles. The first-order valence-corrected chi connectivity index (χ1v) is 5.21. The first-order chi connectivity index (χ1) is 5.50. The van der Waals surface area contributed by atoms with Crippen molar-refractivity contribution in [1.29, 1.82) is 0 Å². The first-order valence-electron chi connectivity index (χ1n) is 5.21. The molecule has 0 saturated carbocycles. The summed E-state index contributed by atoms with van der Waals surface area (Å²) in [5.41, 5.74) is 0. The maximum absolute atomic E-state index is 3.48. The van der Waals surface area contributed by atoms with Crippen LogP contribution < -0.4 is 5.32 Å². The monoisotopic (exact) mass is 163 g/mol. The Hall–Kier alpha value is 0.557. The van der Waals surface area contributed by atoms with Gasteiger partial charge in [-0.2, -0.15) is 0 Å². The Morgan fingerprint density at radius 2 is 0.833 bits per heavy atom. The molecule has 1 aliphatic rings. The van der Waals surface area contributed by atoms with Gasteiger partial charge in [-0.25, -0.2) is 0 Å². The van der Waals surface area contributed by atoms with Crippen molar-refractivity contribution in [2.24, 2.45) is 0 Å². The Kier molecular flexibility index (Phi) is 10.1. The van der Waals surface area contributed by atoms with Crippen molar-refractivity contribution in [2.75, 3.05) is 13.1 Å². The van der Waals surface area contributed by atoms with E-state index in [1.165, 1.54) is 64.5 Å². The van der Waals surface area contributed by atoms with Crippen molar-refractivity contribution in [3.8, 4) is 0 Å². The van der Waals surface area contributed by atoms with Crippen molar-refractivity contribution in [2.45, 2.75) is 51.4 Å². The molecule has 0 aromatic rings. The molecule has 68 valence electrons. The molecule has 1 nitrogen and oxygen atoms in total. The molecule has 1 rings (SSSR count). The Balaban J connectivity index is 0.00000121. The summed E-state index contributed by atoms with van der Waals surface area (Å²) >= 11 is 0. The molecule has 0 aromatic carbocycles. The van der Waals surface area contributed by atoms with Gasteiger partial charge in [0.15, 0.2) is 0 Å². The minimum atomic E-state index is 0. The summed E-state index contributed by atoms with van der Waals surface area (Å²) in [4.78, 5) is 0. The summed E-state index contributed by atoms with van der Waals surface area (Å²) in [5.74, 6) is 0. The van der Waals surface area contributed by atoms with Crippen LogP contribution in [-0.2, 0) is 0 Å². The molecule has 1 saturated heterocycles. The predicted molar refractivity (Wildman–Crippen MR) is 57.0 cm³/mol. The van der Waals surface area contributed by atoms with Gasteiger partial charge in [0.1, 0.15) is 0 Å². The fourth-order valence-electron chi connectivity index (χ4n) is 1.69. The van der Waals surface area contributed by atoms with Gasteiger partial charge in [-0.05, 0) is 25.9 Å². The molecule has 0 atom stereocenters. The third kappa shape index (κ3) is 7.22. The fraction of sp³-hybridized carbons (Fsp3) is 1.00. The molecule has 1 fully saturated rings. The average Bonchev–Trinajstić information content (AvgIpc) is 2.08. The quantitative estimate of drug-likeness (QED) is 0.539. The predicted octanol–water partition coefficient (Wildman–Crippen LogP) is 2.06. The van der Waals surface area contributed by atoms with E-state index in [1.54, 1.807) is 0 Å². The van der Waals surface area contributed by atoms with Gasteiger partial charge in [-0.1, -0.05) is 38.5 Å². The van der Waals surface area contributed by atoms with E-state index in [4.69, 9.17) is 0 Å². The number of nitrogens with one attached hydrogen (secondary N) is 1. The minimum absolute atomic E-state index is 0. The van der Waals surface area contributed by atoms with E-state index < -0.39 is 0 Å². The van der Waals surface area contributed by atoms with Crippen molar-refractivity contribution in [3.05, 3.63) is 0 Å². The average molecular weight is 163 g/mol. The SMILES string of the molecule is C1CCCCCNCCCC1.[LiH]. The molecule has 0 unspecified atom stereocenters. The zero-order chi connectivity index (χ0) is 7.78. The zero-order valence-electron chi connectivity index (χ0n) is 7.57. The Bertz CT molecular complexity index is 47.9. The van der Waals surface area contributed by atoms with Crippen LogP contribution in [0.2, 0.25) is 0 Å². The van der Waals surface area contributed by atoms with Crippen LogP contribution in [0.3, 0.4) is 0 Å². The second-order valence-electron chi connectivity index (χ2n) is 3.58. The van der Waals surface area contributed by atoms with E-state index in [0.29, 0.717) is 0 Å². The molecule has 0 spiro atoms. The molecule has 0 bridgehead atoms. The van der Waals surface area contributed by atoms with Gasteiger partial charge < -0.3 is 5.32 Å². The van der Waals surface area contributed by atoms with Crippen molar-refractivity contribution < 1.29 is 0 Å². The van der Waals surface area contributed by atoms with Crippen LogP contribution in [0.4, 0.5) is 0 Å². The van der Waals surface area contributed by atoms with E-state index in [9.17, 15) is 0 Å². The normalized spacial score (nSPS) is 22.0. The van der Waals surface area contributed by atoms with Gasteiger partial charge in [0, 0.05) is 0 Å². The summed E-state index contributed by atoms with van der Waals surface area (Å²) in [6.45, 7) is 2.50. The summed E-state index contributed by atoms with van der Waals surface area (Å²) in [6.07, 6.45) is 11.5. The molecule has 0 radical (unpaired) electrons. The summed E-state index contributed by atoms with van der Waals surface area (Å²) in [5, 5.41) is 3.48. The molecular formula is C10H22LiN.